The molecule has 0 unspecified atom stereocenters. The molecule has 0 atom stereocenters. The zero-order chi connectivity index (χ0) is 19.4. The summed E-state index contributed by atoms with van der Waals surface area (Å²) < 4.78 is 5.64. The van der Waals surface area contributed by atoms with Crippen LogP contribution in [0, 0.1) is 20.8 Å². The van der Waals surface area contributed by atoms with Gasteiger partial charge in [0.1, 0.15) is 11.4 Å². The second kappa shape index (κ2) is 8.42. The van der Waals surface area contributed by atoms with Crippen LogP contribution < -0.4 is 10.1 Å². The Kier molecular flexibility index (Phi) is 5.99. The predicted molar refractivity (Wildman–Crippen MR) is 106 cm³/mol. The standard InChI is InChI=1S/C22H28N2O3/c1-14-8-7-11-18(12-14)27-13-19(25)20-15(2)21(23-16(20)3)22(26)24-17-9-5-4-6-10-17/h7-8,11-12,17,23H,4-6,9-10,13H2,1-3H3,(H,24,26). The van der Waals surface area contributed by atoms with Gasteiger partial charge in [-0.3, -0.25) is 9.59 Å². The first kappa shape index (κ1) is 19.2. The van der Waals surface area contributed by atoms with Crippen molar-refractivity contribution in [2.45, 2.75) is 58.9 Å². The fraction of sp³-hybridized carbons (Fsp3) is 0.455. The van der Waals surface area contributed by atoms with E-state index in [9.17, 15) is 9.59 Å². The van der Waals surface area contributed by atoms with E-state index in [-0.39, 0.29) is 24.3 Å². The maximum absolute atomic E-state index is 12.7. The minimum Gasteiger partial charge on any atom is -0.485 e. The Morgan fingerprint density at radius 3 is 2.59 bits per heavy atom. The Labute approximate surface area is 160 Å². The van der Waals surface area contributed by atoms with Crippen LogP contribution in [-0.4, -0.2) is 29.3 Å². The van der Waals surface area contributed by atoms with Crippen molar-refractivity contribution in [2.24, 2.45) is 0 Å². The third-order valence-corrected chi connectivity index (χ3v) is 5.24. The number of nitrogens with one attached hydrogen (secondary N) is 2. The molecule has 144 valence electrons. The number of amides is 1. The molecule has 3 rings (SSSR count). The van der Waals surface area contributed by atoms with Crippen molar-refractivity contribution in [2.75, 3.05) is 6.61 Å². The molecule has 1 fully saturated rings. The number of carbonyl (C=O) groups is 2. The predicted octanol–water partition coefficient (Wildman–Crippen LogP) is 4.26. The zero-order valence-corrected chi connectivity index (χ0v) is 16.4. The molecule has 1 aliphatic carbocycles. The number of rotatable bonds is 6. The summed E-state index contributed by atoms with van der Waals surface area (Å²) in [6, 6.07) is 7.84. The maximum Gasteiger partial charge on any atom is 0.268 e. The molecule has 0 spiro atoms. The Bertz CT molecular complexity index is 832. The second-order valence-corrected chi connectivity index (χ2v) is 7.46. The Morgan fingerprint density at radius 2 is 1.89 bits per heavy atom. The highest BCUT2D eigenvalue weighted by Gasteiger charge is 2.24. The lowest BCUT2D eigenvalue weighted by molar-refractivity contribution is 0.0918. The van der Waals surface area contributed by atoms with Crippen molar-refractivity contribution in [3.8, 4) is 5.75 Å². The molecule has 1 saturated carbocycles. The first-order valence-corrected chi connectivity index (χ1v) is 9.68. The Morgan fingerprint density at radius 1 is 1.15 bits per heavy atom. The van der Waals surface area contributed by atoms with Crippen molar-refractivity contribution >= 4 is 11.7 Å². The van der Waals surface area contributed by atoms with Gasteiger partial charge in [-0.1, -0.05) is 31.4 Å². The van der Waals surface area contributed by atoms with Crippen LogP contribution in [0.4, 0.5) is 0 Å². The third kappa shape index (κ3) is 4.59. The van der Waals surface area contributed by atoms with Gasteiger partial charge in [0.2, 0.25) is 5.78 Å². The summed E-state index contributed by atoms with van der Waals surface area (Å²) in [7, 11) is 0. The topological polar surface area (TPSA) is 71.2 Å². The van der Waals surface area contributed by atoms with E-state index in [2.05, 4.69) is 10.3 Å². The molecular weight excluding hydrogens is 340 g/mol. The molecule has 5 nitrogen and oxygen atoms in total. The number of ketones is 1. The van der Waals surface area contributed by atoms with Gasteiger partial charge in [0, 0.05) is 17.3 Å². The number of H-pyrrole nitrogens is 1. The van der Waals surface area contributed by atoms with Gasteiger partial charge in [-0.2, -0.15) is 0 Å². The van der Waals surface area contributed by atoms with Gasteiger partial charge in [-0.25, -0.2) is 0 Å². The monoisotopic (exact) mass is 368 g/mol. The summed E-state index contributed by atoms with van der Waals surface area (Å²) in [5.41, 5.74) is 3.52. The first-order valence-electron chi connectivity index (χ1n) is 9.68. The SMILES string of the molecule is Cc1cccc(OCC(=O)c2c(C)[nH]c(C(=O)NC3CCCCC3)c2C)c1. The number of aryl methyl sites for hydroxylation is 2. The van der Waals surface area contributed by atoms with Crippen molar-refractivity contribution in [1.29, 1.82) is 0 Å². The molecule has 1 aromatic heterocycles. The molecule has 1 aromatic carbocycles. The van der Waals surface area contributed by atoms with Gasteiger partial charge >= 0.3 is 0 Å². The Hall–Kier alpha value is -2.56. The highest BCUT2D eigenvalue weighted by atomic mass is 16.5. The van der Waals surface area contributed by atoms with Gasteiger partial charge in [0.05, 0.1) is 0 Å². The summed E-state index contributed by atoms with van der Waals surface area (Å²) >= 11 is 0. The molecule has 2 aromatic rings. The molecule has 5 heteroatoms. The van der Waals surface area contributed by atoms with Crippen molar-refractivity contribution in [3.05, 3.63) is 52.3 Å². The number of carbonyl (C=O) groups excluding carboxylic acids is 2. The zero-order valence-electron chi connectivity index (χ0n) is 16.4. The van der Waals surface area contributed by atoms with E-state index in [1.165, 1.54) is 6.42 Å². The lowest BCUT2D eigenvalue weighted by Gasteiger charge is -2.22. The maximum atomic E-state index is 12.7. The summed E-state index contributed by atoms with van der Waals surface area (Å²) in [6.07, 6.45) is 5.62. The lowest BCUT2D eigenvalue weighted by atomic mass is 9.95. The van der Waals surface area contributed by atoms with Crippen molar-refractivity contribution < 1.29 is 14.3 Å². The smallest absolute Gasteiger partial charge is 0.268 e. The van der Waals surface area contributed by atoms with Crippen LogP contribution >= 0.6 is 0 Å². The first-order chi connectivity index (χ1) is 13.0. The van der Waals surface area contributed by atoms with Crippen LogP contribution in [0.3, 0.4) is 0 Å². The van der Waals surface area contributed by atoms with Crippen LogP contribution in [-0.2, 0) is 0 Å². The number of hydrogen-bond donors (Lipinski definition) is 2. The van der Waals surface area contributed by atoms with Crippen LogP contribution in [0.25, 0.3) is 0 Å². The highest BCUT2D eigenvalue weighted by Crippen LogP contribution is 2.22. The van der Waals surface area contributed by atoms with Gasteiger partial charge in [0.25, 0.3) is 5.91 Å². The van der Waals surface area contributed by atoms with E-state index < -0.39 is 0 Å². The molecule has 1 heterocycles. The molecule has 0 radical (unpaired) electrons. The molecule has 0 saturated heterocycles. The molecule has 1 aliphatic rings. The van der Waals surface area contributed by atoms with E-state index in [0.717, 1.165) is 31.2 Å². The van der Waals surface area contributed by atoms with Gasteiger partial charge in [0.15, 0.2) is 6.61 Å². The molecule has 2 N–H and O–H groups in total. The summed E-state index contributed by atoms with van der Waals surface area (Å²) in [5.74, 6) is 0.421. The average molecular weight is 368 g/mol. The minimum absolute atomic E-state index is 0.0489. The van der Waals surface area contributed by atoms with E-state index in [1.54, 1.807) is 0 Å². The summed E-state index contributed by atoms with van der Waals surface area (Å²) in [4.78, 5) is 28.4. The normalized spacial score (nSPS) is 14.8. The second-order valence-electron chi connectivity index (χ2n) is 7.46. The van der Waals surface area contributed by atoms with E-state index in [0.29, 0.717) is 28.3 Å². The minimum atomic E-state index is -0.125. The number of Topliss-reactive ketones (excluding diaryl/α,β-unsaturated/α-hetero) is 1. The van der Waals surface area contributed by atoms with Crippen LogP contribution in [0.15, 0.2) is 24.3 Å². The fourth-order valence-electron chi connectivity index (χ4n) is 3.83. The molecular formula is C22H28N2O3. The highest BCUT2D eigenvalue weighted by molar-refractivity contribution is 6.04. The number of aromatic amines is 1. The summed E-state index contributed by atoms with van der Waals surface area (Å²) in [6.45, 7) is 5.57. The van der Waals surface area contributed by atoms with Crippen LogP contribution in [0.1, 0.15) is 69.8 Å². The fourth-order valence-corrected chi connectivity index (χ4v) is 3.83. The number of hydrogen-bond acceptors (Lipinski definition) is 3. The van der Waals surface area contributed by atoms with Gasteiger partial charge in [-0.15, -0.1) is 0 Å². The van der Waals surface area contributed by atoms with E-state index in [4.69, 9.17) is 4.74 Å². The molecule has 0 aliphatic heterocycles. The number of aromatic nitrogens is 1. The molecule has 0 bridgehead atoms. The van der Waals surface area contributed by atoms with Crippen LogP contribution in [0.2, 0.25) is 0 Å². The van der Waals surface area contributed by atoms with E-state index in [1.807, 2.05) is 45.0 Å². The quantitative estimate of drug-likeness (QED) is 0.748. The van der Waals surface area contributed by atoms with Gasteiger partial charge in [-0.05, 0) is 56.9 Å². The molecule has 1 amide bonds. The number of ether oxygens (including phenoxy) is 1. The van der Waals surface area contributed by atoms with Gasteiger partial charge < -0.3 is 15.0 Å². The van der Waals surface area contributed by atoms with Crippen LogP contribution in [0.5, 0.6) is 5.75 Å². The largest absolute Gasteiger partial charge is 0.485 e. The average Bonchev–Trinajstić information content (AvgIpc) is 2.95. The lowest BCUT2D eigenvalue weighted by Crippen LogP contribution is -2.36. The van der Waals surface area contributed by atoms with Crippen molar-refractivity contribution in [1.82, 2.24) is 10.3 Å². The Balaban J connectivity index is 1.68. The van der Waals surface area contributed by atoms with E-state index >= 15 is 0 Å². The summed E-state index contributed by atoms with van der Waals surface area (Å²) in [5, 5.41) is 3.11. The third-order valence-electron chi connectivity index (χ3n) is 5.24. The molecule has 27 heavy (non-hydrogen) atoms. The van der Waals surface area contributed by atoms with Crippen molar-refractivity contribution in [3.63, 3.8) is 0 Å². The number of benzene rings is 1.